The van der Waals surface area contributed by atoms with Crippen LogP contribution in [-0.2, 0) is 65.4 Å². The van der Waals surface area contributed by atoms with Crippen LogP contribution in [0, 0.1) is 0 Å². The molecule has 5 atom stereocenters. The summed E-state index contributed by atoms with van der Waals surface area (Å²) in [7, 11) is -10.0. The lowest BCUT2D eigenvalue weighted by Gasteiger charge is -2.21. The molecular formula is C89H144O17P2. The number of ether oxygens (including phenoxy) is 4. The molecule has 0 radical (unpaired) electrons. The van der Waals surface area contributed by atoms with Crippen LogP contribution in [0.2, 0.25) is 0 Å². The van der Waals surface area contributed by atoms with Gasteiger partial charge in [0.25, 0.3) is 0 Å². The van der Waals surface area contributed by atoms with Gasteiger partial charge in [0, 0.05) is 25.7 Å². The second-order valence-electron chi connectivity index (χ2n) is 26.6. The summed E-state index contributed by atoms with van der Waals surface area (Å²) in [5, 5.41) is 10.7. The van der Waals surface area contributed by atoms with Gasteiger partial charge in [0.05, 0.1) is 26.4 Å². The second kappa shape index (κ2) is 79.3. The van der Waals surface area contributed by atoms with Crippen molar-refractivity contribution in [2.75, 3.05) is 39.6 Å². The molecule has 17 nitrogen and oxygen atoms in total. The number of esters is 4. The second-order valence-corrected chi connectivity index (χ2v) is 29.5. The van der Waals surface area contributed by atoms with Gasteiger partial charge >= 0.3 is 39.5 Å². The fourth-order valence-corrected chi connectivity index (χ4v) is 11.8. The third-order valence-electron chi connectivity index (χ3n) is 16.4. The van der Waals surface area contributed by atoms with E-state index < -0.39 is 97.5 Å². The molecule has 0 saturated heterocycles. The van der Waals surface area contributed by atoms with Crippen molar-refractivity contribution in [1.82, 2.24) is 0 Å². The van der Waals surface area contributed by atoms with Gasteiger partial charge in [-0.25, -0.2) is 9.13 Å². The zero-order valence-corrected chi connectivity index (χ0v) is 68.7. The minimum Gasteiger partial charge on any atom is -0.462 e. The van der Waals surface area contributed by atoms with Crippen LogP contribution in [0.1, 0.15) is 297 Å². The first-order chi connectivity index (χ1) is 52.7. The Bertz CT molecular complexity index is 2760. The van der Waals surface area contributed by atoms with E-state index in [1.807, 2.05) is 18.2 Å². The predicted molar refractivity (Wildman–Crippen MR) is 445 cm³/mol. The molecule has 0 saturated carbocycles. The minimum atomic E-state index is -5.01. The average Bonchev–Trinajstić information content (AvgIpc) is 0.906. The van der Waals surface area contributed by atoms with Gasteiger partial charge in [-0.15, -0.1) is 0 Å². The van der Waals surface area contributed by atoms with E-state index >= 15 is 0 Å². The SMILES string of the molecule is CC/C=C\C/C=C\C/C=C\C/C=C\C/C=C\C/C=C\CCC(=O)OCC(COP(=O)(O)OCC(O)COP(=O)(O)OCC(COC(=O)CCCCCC/C=C\C/C=C\C/C=C\C/C=C\CC)OC(=O)CCCCCCC/C=C\CCCCCCCC)OC(=O)CCCCCC/C=C\C/C=C\C/C=C\C/C=C\CC. The molecule has 0 aliphatic heterocycles. The lowest BCUT2D eigenvalue weighted by Crippen LogP contribution is -2.30. The largest absolute Gasteiger partial charge is 0.472 e. The Hall–Kier alpha value is -5.84. The maximum Gasteiger partial charge on any atom is 0.472 e. The standard InChI is InChI=1S/C89H144O17P2/c1-5-9-13-17-21-25-29-33-37-40-41-44-47-50-54-58-62-66-70-74-87(92)100-80-85(106-89(94)76-72-68-64-60-56-52-48-43-39-35-31-27-23-19-15-11-7-3)82-104-108(97,98)102-78-83(90)77-101-107(95,96)103-81-84(105-88(93)75-71-67-63-59-55-51-45-36-32-28-24-20-16-12-8-4)79-99-86(91)73-69-65-61-57-53-49-46-42-38-34-30-26-22-18-14-10-6-2/h9-11,13-15,21-23,25-27,33-39,41,44-46,48-50,52,54,62,66,83-85,90H,5-8,12,16-20,24,28-32,40,42-43,47,51,53,55-61,63-65,67-82H2,1-4H3,(H,95,96)(H,97,98)/b13-9-,14-10-,15-11-,25-21-,26-22-,27-23-,37-33-,38-34-,39-35-,44-41-,45-36-,49-46-,52-48-,54-50-,66-62-. The zero-order chi connectivity index (χ0) is 78.9. The summed E-state index contributed by atoms with van der Waals surface area (Å²) >= 11 is 0. The van der Waals surface area contributed by atoms with E-state index in [1.54, 1.807) is 0 Å². The first-order valence-corrected chi connectivity index (χ1v) is 44.0. The molecule has 0 rings (SSSR count). The number of phosphoric acid groups is 2. The fourth-order valence-electron chi connectivity index (χ4n) is 10.2. The zero-order valence-electron chi connectivity index (χ0n) is 66.9. The molecule has 0 bridgehead atoms. The van der Waals surface area contributed by atoms with Gasteiger partial charge in [0.2, 0.25) is 0 Å². The number of hydrogen-bond acceptors (Lipinski definition) is 15. The van der Waals surface area contributed by atoms with Crippen molar-refractivity contribution in [3.63, 3.8) is 0 Å². The predicted octanol–water partition coefficient (Wildman–Crippen LogP) is 24.3. The van der Waals surface area contributed by atoms with Crippen LogP contribution in [0.5, 0.6) is 0 Å². The number of aliphatic hydroxyl groups is 1. The Morgan fingerprint density at radius 2 is 0.500 bits per heavy atom. The van der Waals surface area contributed by atoms with Gasteiger partial charge in [-0.1, -0.05) is 287 Å². The normalized spacial score (nSPS) is 14.8. The first-order valence-electron chi connectivity index (χ1n) is 41.0. The molecule has 5 unspecified atom stereocenters. The Morgan fingerprint density at radius 1 is 0.269 bits per heavy atom. The summed E-state index contributed by atoms with van der Waals surface area (Å²) in [6.45, 7) is 4.37. The van der Waals surface area contributed by atoms with E-state index in [1.165, 1.54) is 38.5 Å². The third kappa shape index (κ3) is 78.3. The number of carbonyl (C=O) groups is 4. The molecule has 0 spiro atoms. The highest BCUT2D eigenvalue weighted by molar-refractivity contribution is 7.47. The highest BCUT2D eigenvalue weighted by atomic mass is 31.2. The summed E-state index contributed by atoms with van der Waals surface area (Å²) in [6.07, 6.45) is 95.9. The summed E-state index contributed by atoms with van der Waals surface area (Å²) < 4.78 is 68.6. The quantitative estimate of drug-likeness (QED) is 0.0169. The number of unbranched alkanes of at least 4 members (excludes halogenated alkanes) is 19. The van der Waals surface area contributed by atoms with E-state index in [2.05, 4.69) is 192 Å². The van der Waals surface area contributed by atoms with Crippen molar-refractivity contribution in [3.8, 4) is 0 Å². The van der Waals surface area contributed by atoms with Gasteiger partial charge in [0.15, 0.2) is 12.2 Å². The van der Waals surface area contributed by atoms with Crippen LogP contribution >= 0.6 is 15.6 Å². The summed E-state index contributed by atoms with van der Waals surface area (Å²) in [5.74, 6) is -2.35. The van der Waals surface area contributed by atoms with Crippen LogP contribution in [0.15, 0.2) is 182 Å². The van der Waals surface area contributed by atoms with Crippen LogP contribution in [-0.4, -0.2) is 96.7 Å². The number of allylic oxidation sites excluding steroid dienone is 30. The van der Waals surface area contributed by atoms with Crippen molar-refractivity contribution in [1.29, 1.82) is 0 Å². The van der Waals surface area contributed by atoms with Crippen LogP contribution in [0.25, 0.3) is 0 Å². The molecule has 0 heterocycles. The lowest BCUT2D eigenvalue weighted by molar-refractivity contribution is -0.161. The van der Waals surface area contributed by atoms with Crippen molar-refractivity contribution < 1.29 is 80.2 Å². The molecule has 0 aromatic rings. The van der Waals surface area contributed by atoms with Gasteiger partial charge in [-0.3, -0.25) is 37.3 Å². The Kier molecular flexibility index (Phi) is 75.0. The van der Waals surface area contributed by atoms with Crippen LogP contribution in [0.4, 0.5) is 0 Å². The van der Waals surface area contributed by atoms with Gasteiger partial charge < -0.3 is 33.8 Å². The number of aliphatic hydroxyl groups excluding tert-OH is 1. The smallest absolute Gasteiger partial charge is 0.462 e. The molecule has 612 valence electrons. The lowest BCUT2D eigenvalue weighted by atomic mass is 10.1. The molecule has 3 N–H and O–H groups in total. The highest BCUT2D eigenvalue weighted by Gasteiger charge is 2.30. The Labute approximate surface area is 654 Å². The average molecular weight is 1550 g/mol. The molecule has 0 amide bonds. The van der Waals surface area contributed by atoms with Crippen LogP contribution in [0.3, 0.4) is 0 Å². The Morgan fingerprint density at radius 3 is 0.806 bits per heavy atom. The van der Waals surface area contributed by atoms with E-state index in [4.69, 9.17) is 37.0 Å². The van der Waals surface area contributed by atoms with Crippen molar-refractivity contribution >= 4 is 39.5 Å². The number of phosphoric ester groups is 2. The molecule has 108 heavy (non-hydrogen) atoms. The molecule has 0 aliphatic carbocycles. The van der Waals surface area contributed by atoms with Crippen molar-refractivity contribution in [3.05, 3.63) is 182 Å². The van der Waals surface area contributed by atoms with Gasteiger partial charge in [-0.2, -0.15) is 0 Å². The minimum absolute atomic E-state index is 0.0231. The van der Waals surface area contributed by atoms with E-state index in [9.17, 15) is 43.2 Å². The summed E-state index contributed by atoms with van der Waals surface area (Å²) in [4.78, 5) is 73.1. The topological polar surface area (TPSA) is 237 Å². The molecule has 0 aliphatic rings. The molecule has 0 aromatic carbocycles. The maximum absolute atomic E-state index is 13.1. The van der Waals surface area contributed by atoms with Gasteiger partial charge in [-0.05, 0) is 167 Å². The van der Waals surface area contributed by atoms with Gasteiger partial charge in [0.1, 0.15) is 19.3 Å². The number of carbonyl (C=O) groups excluding carboxylic acids is 4. The molecule has 0 fully saturated rings. The van der Waals surface area contributed by atoms with Crippen molar-refractivity contribution in [2.45, 2.75) is 316 Å². The van der Waals surface area contributed by atoms with Crippen LogP contribution < -0.4 is 0 Å². The maximum atomic E-state index is 13.1. The molecule has 19 heteroatoms. The third-order valence-corrected chi connectivity index (χ3v) is 18.3. The van der Waals surface area contributed by atoms with E-state index in [0.29, 0.717) is 32.1 Å². The number of hydrogen-bond donors (Lipinski definition) is 3. The summed E-state index contributed by atoms with van der Waals surface area (Å²) in [5.41, 5.74) is 0. The Balaban J connectivity index is 5.51. The van der Waals surface area contributed by atoms with Crippen molar-refractivity contribution in [2.24, 2.45) is 0 Å². The van der Waals surface area contributed by atoms with E-state index in [-0.39, 0.29) is 25.7 Å². The fraction of sp³-hybridized carbons (Fsp3) is 0.618. The summed E-state index contributed by atoms with van der Waals surface area (Å²) in [6, 6.07) is 0. The molecular weight excluding hydrogens is 1400 g/mol. The first kappa shape index (κ1) is 102. The molecule has 0 aromatic heterocycles. The van der Waals surface area contributed by atoms with E-state index in [0.717, 1.165) is 173 Å². The number of rotatable bonds is 75. The highest BCUT2D eigenvalue weighted by Crippen LogP contribution is 2.45. The monoisotopic (exact) mass is 1550 g/mol.